The summed E-state index contributed by atoms with van der Waals surface area (Å²) in [7, 11) is 3.99. The first-order chi connectivity index (χ1) is 11.0. The molecule has 2 rings (SSSR count). The fourth-order valence-electron chi connectivity index (χ4n) is 2.18. The van der Waals surface area contributed by atoms with E-state index in [1.807, 2.05) is 55.4 Å². The summed E-state index contributed by atoms with van der Waals surface area (Å²) < 4.78 is 14.1. The number of carbonyl (C=O) groups excluding carboxylic acids is 1. The molecule has 0 atom stereocenters. The number of nitrogens with zero attached hydrogens (tertiary/aromatic N) is 1. The van der Waals surface area contributed by atoms with Crippen molar-refractivity contribution in [2.75, 3.05) is 19.0 Å². The van der Waals surface area contributed by atoms with Crippen molar-refractivity contribution in [2.24, 2.45) is 0 Å². The van der Waals surface area contributed by atoms with Crippen LogP contribution in [0.2, 0.25) is 0 Å². The Morgan fingerprint density at radius 1 is 1.13 bits per heavy atom. The van der Waals surface area contributed by atoms with Gasteiger partial charge in [-0.05, 0) is 41.8 Å². The van der Waals surface area contributed by atoms with Gasteiger partial charge in [0.2, 0.25) is 0 Å². The minimum atomic E-state index is -0.136. The molecule has 0 aliphatic carbocycles. The Morgan fingerprint density at radius 3 is 2.17 bits per heavy atom. The maximum atomic E-state index is 14.1. The smallest absolute Gasteiger partial charge is 0.142 e. The highest BCUT2D eigenvalue weighted by atomic mass is 19.1. The summed E-state index contributed by atoms with van der Waals surface area (Å²) in [5.41, 5.74) is 3.77. The van der Waals surface area contributed by atoms with Gasteiger partial charge >= 0.3 is 0 Å². The van der Waals surface area contributed by atoms with Gasteiger partial charge in [-0.25, -0.2) is 4.39 Å². The van der Waals surface area contributed by atoms with Crippen molar-refractivity contribution in [3.63, 3.8) is 0 Å². The van der Waals surface area contributed by atoms with Crippen molar-refractivity contribution < 1.29 is 9.18 Å². The van der Waals surface area contributed by atoms with Crippen LogP contribution in [0.3, 0.4) is 0 Å². The minimum Gasteiger partial charge on any atom is -0.378 e. The van der Waals surface area contributed by atoms with Crippen molar-refractivity contribution in [1.29, 1.82) is 0 Å². The molecule has 0 fully saturated rings. The van der Waals surface area contributed by atoms with Crippen LogP contribution in [0.15, 0.2) is 55.1 Å². The van der Waals surface area contributed by atoms with Gasteiger partial charge in [0.1, 0.15) is 12.1 Å². The molecule has 0 saturated heterocycles. The number of anilines is 1. The average Bonchev–Trinajstić information content (AvgIpc) is 2.56. The first-order valence-corrected chi connectivity index (χ1v) is 7.65. The van der Waals surface area contributed by atoms with Crippen LogP contribution >= 0.6 is 0 Å². The summed E-state index contributed by atoms with van der Waals surface area (Å²) in [4.78, 5) is 11.1. The van der Waals surface area contributed by atoms with Gasteiger partial charge in [0, 0.05) is 25.3 Å². The van der Waals surface area contributed by atoms with E-state index in [-0.39, 0.29) is 5.82 Å². The standard InChI is InChI=1S/C17H20FN.C3H4O/c1-4-5-13-6-11-16(17(18)12-13)14-7-9-15(10-8-14)19(2)3;1-2-3-4/h6-12H,4-5H2,1-3H3;2-3H,1H2. The highest BCUT2D eigenvalue weighted by Crippen LogP contribution is 2.26. The summed E-state index contributed by atoms with van der Waals surface area (Å²) in [6, 6.07) is 13.5. The van der Waals surface area contributed by atoms with Gasteiger partial charge in [-0.1, -0.05) is 44.2 Å². The lowest BCUT2D eigenvalue weighted by atomic mass is 10.0. The predicted molar refractivity (Wildman–Crippen MR) is 96.4 cm³/mol. The predicted octanol–water partition coefficient (Wildman–Crippen LogP) is 4.88. The zero-order chi connectivity index (χ0) is 17.2. The highest BCUT2D eigenvalue weighted by molar-refractivity contribution is 5.67. The number of hydrogen-bond acceptors (Lipinski definition) is 2. The maximum Gasteiger partial charge on any atom is 0.142 e. The molecule has 0 aliphatic heterocycles. The fraction of sp³-hybridized carbons (Fsp3) is 0.250. The fourth-order valence-corrected chi connectivity index (χ4v) is 2.18. The van der Waals surface area contributed by atoms with Crippen LogP contribution in [0, 0.1) is 5.82 Å². The van der Waals surface area contributed by atoms with Crippen LogP contribution in [0.4, 0.5) is 10.1 Å². The van der Waals surface area contributed by atoms with E-state index < -0.39 is 0 Å². The van der Waals surface area contributed by atoms with Gasteiger partial charge < -0.3 is 4.90 Å². The minimum absolute atomic E-state index is 0.136. The van der Waals surface area contributed by atoms with E-state index in [2.05, 4.69) is 13.5 Å². The zero-order valence-corrected chi connectivity index (χ0v) is 14.1. The number of benzene rings is 2. The molecule has 122 valence electrons. The number of carbonyl (C=O) groups is 1. The van der Waals surface area contributed by atoms with Gasteiger partial charge in [-0.2, -0.15) is 0 Å². The molecule has 0 N–H and O–H groups in total. The average molecular weight is 313 g/mol. The van der Waals surface area contributed by atoms with Gasteiger partial charge in [0.05, 0.1) is 0 Å². The molecule has 0 unspecified atom stereocenters. The van der Waals surface area contributed by atoms with E-state index >= 15 is 0 Å². The molecule has 0 saturated carbocycles. The summed E-state index contributed by atoms with van der Waals surface area (Å²) >= 11 is 0. The second-order valence-electron chi connectivity index (χ2n) is 5.38. The molecule has 2 nitrogen and oxygen atoms in total. The van der Waals surface area contributed by atoms with Gasteiger partial charge in [-0.3, -0.25) is 4.79 Å². The SMILES string of the molecule is C=CC=O.CCCc1ccc(-c2ccc(N(C)C)cc2)c(F)c1. The van der Waals surface area contributed by atoms with Gasteiger partial charge in [0.15, 0.2) is 0 Å². The molecule has 0 amide bonds. The molecule has 2 aromatic rings. The van der Waals surface area contributed by atoms with Crippen LogP contribution in [0.5, 0.6) is 0 Å². The van der Waals surface area contributed by atoms with Crippen LogP contribution in [0.25, 0.3) is 11.1 Å². The monoisotopic (exact) mass is 313 g/mol. The third-order valence-corrected chi connectivity index (χ3v) is 3.36. The molecular formula is C20H24FNO. The summed E-state index contributed by atoms with van der Waals surface area (Å²) in [5, 5.41) is 0. The molecule has 2 aromatic carbocycles. The first kappa shape index (κ1) is 18.6. The molecule has 0 aliphatic rings. The number of aldehydes is 1. The van der Waals surface area contributed by atoms with E-state index in [4.69, 9.17) is 4.79 Å². The summed E-state index contributed by atoms with van der Waals surface area (Å²) in [5.74, 6) is -0.136. The second-order valence-corrected chi connectivity index (χ2v) is 5.38. The molecule has 23 heavy (non-hydrogen) atoms. The Hall–Kier alpha value is -2.42. The topological polar surface area (TPSA) is 20.3 Å². The van der Waals surface area contributed by atoms with Gasteiger partial charge in [0.25, 0.3) is 0 Å². The Bertz CT molecular complexity index is 627. The van der Waals surface area contributed by atoms with E-state index in [0.717, 1.165) is 29.7 Å². The van der Waals surface area contributed by atoms with Crippen molar-refractivity contribution >= 4 is 12.0 Å². The number of aryl methyl sites for hydroxylation is 1. The molecule has 0 heterocycles. The Balaban J connectivity index is 0.000000593. The Morgan fingerprint density at radius 2 is 1.74 bits per heavy atom. The summed E-state index contributed by atoms with van der Waals surface area (Å²) in [6.07, 6.45) is 3.80. The third-order valence-electron chi connectivity index (χ3n) is 3.36. The molecule has 0 radical (unpaired) electrons. The Labute approximate surface area is 138 Å². The van der Waals surface area contributed by atoms with Crippen LogP contribution in [-0.2, 0) is 11.2 Å². The number of hydrogen-bond donors (Lipinski definition) is 0. The lowest BCUT2D eigenvalue weighted by molar-refractivity contribution is -0.104. The lowest BCUT2D eigenvalue weighted by Crippen LogP contribution is -2.07. The van der Waals surface area contributed by atoms with Crippen molar-refractivity contribution in [3.05, 3.63) is 66.5 Å². The maximum absolute atomic E-state index is 14.1. The number of allylic oxidation sites excluding steroid dienone is 1. The van der Waals surface area contributed by atoms with Crippen molar-refractivity contribution in [3.8, 4) is 11.1 Å². The second kappa shape index (κ2) is 9.57. The van der Waals surface area contributed by atoms with Crippen LogP contribution in [0.1, 0.15) is 18.9 Å². The molecule has 0 aromatic heterocycles. The largest absolute Gasteiger partial charge is 0.378 e. The molecule has 0 spiro atoms. The van der Waals surface area contributed by atoms with Crippen LogP contribution in [-0.4, -0.2) is 20.4 Å². The third kappa shape index (κ3) is 5.70. The van der Waals surface area contributed by atoms with Gasteiger partial charge in [-0.15, -0.1) is 0 Å². The van der Waals surface area contributed by atoms with Crippen molar-refractivity contribution in [1.82, 2.24) is 0 Å². The quantitative estimate of drug-likeness (QED) is 0.579. The molecule has 0 bridgehead atoms. The van der Waals surface area contributed by atoms with E-state index in [1.165, 1.54) is 6.08 Å². The summed E-state index contributed by atoms with van der Waals surface area (Å²) in [6.45, 7) is 5.21. The van der Waals surface area contributed by atoms with E-state index in [9.17, 15) is 4.39 Å². The normalized spacial score (nSPS) is 9.57. The van der Waals surface area contributed by atoms with E-state index in [0.29, 0.717) is 11.8 Å². The van der Waals surface area contributed by atoms with Crippen LogP contribution < -0.4 is 4.90 Å². The highest BCUT2D eigenvalue weighted by Gasteiger charge is 2.06. The zero-order valence-electron chi connectivity index (χ0n) is 14.1. The van der Waals surface area contributed by atoms with Crippen molar-refractivity contribution in [2.45, 2.75) is 19.8 Å². The number of rotatable bonds is 5. The first-order valence-electron chi connectivity index (χ1n) is 7.65. The lowest BCUT2D eigenvalue weighted by Gasteiger charge is -2.13. The molecular weight excluding hydrogens is 289 g/mol. The van der Waals surface area contributed by atoms with E-state index in [1.54, 1.807) is 6.07 Å². The number of halogens is 1. The Kier molecular flexibility index (Phi) is 7.75. The molecule has 3 heteroatoms.